The van der Waals surface area contributed by atoms with Crippen LogP contribution in [0.4, 0.5) is 0 Å². The van der Waals surface area contributed by atoms with Crippen LogP contribution in [0.5, 0.6) is 0 Å². The molecular formula is C45H26N4OS. The lowest BCUT2D eigenvalue weighted by molar-refractivity contribution is 0.669. The van der Waals surface area contributed by atoms with Crippen LogP contribution >= 0.6 is 11.3 Å². The van der Waals surface area contributed by atoms with Crippen molar-refractivity contribution in [3.05, 3.63) is 158 Å². The van der Waals surface area contributed by atoms with Crippen molar-refractivity contribution in [1.29, 1.82) is 0 Å². The average molecular weight is 671 g/mol. The number of para-hydroxylation sites is 2. The fourth-order valence-electron chi connectivity index (χ4n) is 7.55. The van der Waals surface area contributed by atoms with E-state index in [2.05, 4.69) is 108 Å². The van der Waals surface area contributed by atoms with E-state index in [-0.39, 0.29) is 0 Å². The molecule has 6 heteroatoms. The average Bonchev–Trinajstić information content (AvgIpc) is 3.87. The lowest BCUT2D eigenvalue weighted by Crippen LogP contribution is -2.06. The van der Waals surface area contributed by atoms with Crippen LogP contribution in [0.2, 0.25) is 0 Å². The Hall–Kier alpha value is -6.63. The van der Waals surface area contributed by atoms with E-state index in [1.165, 1.54) is 31.3 Å². The molecule has 0 saturated heterocycles. The van der Waals surface area contributed by atoms with E-state index in [4.69, 9.17) is 19.4 Å². The van der Waals surface area contributed by atoms with Gasteiger partial charge in [0.25, 0.3) is 0 Å². The zero-order valence-corrected chi connectivity index (χ0v) is 27.9. The van der Waals surface area contributed by atoms with Crippen molar-refractivity contribution in [3.8, 4) is 39.9 Å². The van der Waals surface area contributed by atoms with Crippen molar-refractivity contribution in [2.24, 2.45) is 0 Å². The lowest BCUT2D eigenvalue weighted by atomic mass is 9.98. The van der Waals surface area contributed by atoms with Gasteiger partial charge in [-0.05, 0) is 59.7 Å². The number of fused-ring (bicyclic) bond motifs is 9. The lowest BCUT2D eigenvalue weighted by Gasteiger charge is -2.11. The molecule has 0 spiro atoms. The van der Waals surface area contributed by atoms with E-state index in [0.29, 0.717) is 17.6 Å². The van der Waals surface area contributed by atoms with Crippen molar-refractivity contribution in [1.82, 2.24) is 19.5 Å². The summed E-state index contributed by atoms with van der Waals surface area (Å²) in [4.78, 5) is 15.3. The topological polar surface area (TPSA) is 56.7 Å². The monoisotopic (exact) mass is 670 g/mol. The van der Waals surface area contributed by atoms with Crippen LogP contribution in [0, 0.1) is 0 Å². The van der Waals surface area contributed by atoms with Gasteiger partial charge in [-0.1, -0.05) is 109 Å². The molecule has 0 amide bonds. The van der Waals surface area contributed by atoms with E-state index < -0.39 is 0 Å². The van der Waals surface area contributed by atoms with Crippen molar-refractivity contribution in [2.45, 2.75) is 0 Å². The maximum absolute atomic E-state index is 6.26. The molecule has 0 aliphatic carbocycles. The second-order valence-electron chi connectivity index (χ2n) is 12.8. The molecule has 4 heterocycles. The van der Waals surface area contributed by atoms with Crippen LogP contribution in [0.1, 0.15) is 0 Å². The minimum absolute atomic E-state index is 0.563. The Bertz CT molecular complexity index is 3150. The molecule has 0 N–H and O–H groups in total. The summed E-state index contributed by atoms with van der Waals surface area (Å²) in [6.45, 7) is 0. The van der Waals surface area contributed by atoms with Gasteiger partial charge >= 0.3 is 0 Å². The van der Waals surface area contributed by atoms with Crippen molar-refractivity contribution in [3.63, 3.8) is 0 Å². The molecule has 0 unspecified atom stereocenters. The standard InChI is InChI=1S/C45H26N4OS/c1-2-11-27(12-3-1)43-46-44(29-21-23-33-32-14-5-8-18-38(32)50-39(33)26-29)48-45(47-43)49-36-17-7-4-13-31(36)35-25-28(22-24-37(35)49)30-16-10-20-41-42(30)34-15-6-9-19-40(34)51-41/h1-26H. The first-order valence-electron chi connectivity index (χ1n) is 16.9. The molecular weight excluding hydrogens is 645 g/mol. The highest BCUT2D eigenvalue weighted by Crippen LogP contribution is 2.42. The van der Waals surface area contributed by atoms with Gasteiger partial charge in [-0.15, -0.1) is 11.3 Å². The van der Waals surface area contributed by atoms with E-state index in [0.717, 1.165) is 54.9 Å². The minimum atomic E-state index is 0.563. The van der Waals surface area contributed by atoms with E-state index in [9.17, 15) is 0 Å². The molecule has 0 fully saturated rings. The highest BCUT2D eigenvalue weighted by atomic mass is 32.1. The van der Waals surface area contributed by atoms with E-state index >= 15 is 0 Å². The predicted molar refractivity (Wildman–Crippen MR) is 211 cm³/mol. The summed E-state index contributed by atoms with van der Waals surface area (Å²) < 4.78 is 11.0. The third kappa shape index (κ3) is 4.37. The number of thiophene rings is 1. The van der Waals surface area contributed by atoms with Gasteiger partial charge in [-0.3, -0.25) is 4.57 Å². The van der Waals surface area contributed by atoms with Crippen LogP contribution < -0.4 is 0 Å². The second kappa shape index (κ2) is 10.9. The number of hydrogen-bond acceptors (Lipinski definition) is 5. The number of benzene rings is 7. The van der Waals surface area contributed by atoms with Gasteiger partial charge in [0.15, 0.2) is 11.6 Å². The van der Waals surface area contributed by atoms with Crippen LogP contribution in [-0.2, 0) is 0 Å². The van der Waals surface area contributed by atoms with E-state index in [1.54, 1.807) is 0 Å². The third-order valence-electron chi connectivity index (χ3n) is 9.88. The Labute approximate surface area is 295 Å². The highest BCUT2D eigenvalue weighted by molar-refractivity contribution is 7.25. The van der Waals surface area contributed by atoms with Crippen molar-refractivity contribution >= 4 is 75.3 Å². The molecule has 7 aromatic carbocycles. The number of rotatable bonds is 4. The van der Waals surface area contributed by atoms with Gasteiger partial charge in [-0.2, -0.15) is 9.97 Å². The first-order valence-corrected chi connectivity index (χ1v) is 17.8. The maximum atomic E-state index is 6.26. The number of aromatic nitrogens is 4. The number of furan rings is 1. The fraction of sp³-hybridized carbons (Fsp3) is 0. The van der Waals surface area contributed by atoms with Gasteiger partial charge < -0.3 is 4.42 Å². The van der Waals surface area contributed by atoms with Gasteiger partial charge in [0.05, 0.1) is 11.0 Å². The van der Waals surface area contributed by atoms with Gasteiger partial charge in [0, 0.05) is 52.8 Å². The summed E-state index contributed by atoms with van der Waals surface area (Å²) in [6, 6.07) is 55.0. The van der Waals surface area contributed by atoms with Gasteiger partial charge in [0.1, 0.15) is 11.2 Å². The Morgan fingerprint density at radius 2 is 1.12 bits per heavy atom. The Morgan fingerprint density at radius 1 is 0.431 bits per heavy atom. The van der Waals surface area contributed by atoms with Crippen LogP contribution in [0.3, 0.4) is 0 Å². The molecule has 0 aliphatic heterocycles. The summed E-state index contributed by atoms with van der Waals surface area (Å²) in [5.74, 6) is 1.76. The summed E-state index contributed by atoms with van der Waals surface area (Å²) >= 11 is 1.85. The van der Waals surface area contributed by atoms with Crippen LogP contribution in [0.25, 0.3) is 104 Å². The highest BCUT2D eigenvalue weighted by Gasteiger charge is 2.20. The zero-order valence-electron chi connectivity index (χ0n) is 27.1. The zero-order chi connectivity index (χ0) is 33.5. The molecule has 5 nitrogen and oxygen atoms in total. The van der Waals surface area contributed by atoms with Crippen LogP contribution in [-0.4, -0.2) is 19.5 Å². The van der Waals surface area contributed by atoms with Gasteiger partial charge in [0.2, 0.25) is 5.95 Å². The Morgan fingerprint density at radius 3 is 2.02 bits per heavy atom. The summed E-state index contributed by atoms with van der Waals surface area (Å²) in [7, 11) is 0. The van der Waals surface area contributed by atoms with Crippen molar-refractivity contribution < 1.29 is 4.42 Å². The summed E-state index contributed by atoms with van der Waals surface area (Å²) in [5.41, 5.74) is 7.93. The predicted octanol–water partition coefficient (Wildman–Crippen LogP) is 12.2. The summed E-state index contributed by atoms with van der Waals surface area (Å²) in [5, 5.41) is 7.04. The Kier molecular flexibility index (Phi) is 6.05. The second-order valence-corrected chi connectivity index (χ2v) is 13.9. The normalized spacial score (nSPS) is 11.9. The summed E-state index contributed by atoms with van der Waals surface area (Å²) in [6.07, 6.45) is 0. The molecule has 0 aliphatic rings. The Balaban J connectivity index is 1.14. The van der Waals surface area contributed by atoms with Crippen LogP contribution in [0.15, 0.2) is 162 Å². The SMILES string of the molecule is c1ccc(-c2nc(-c3ccc4c(c3)oc3ccccc34)nc(-n3c4ccccc4c4cc(-c5cccc6sc7ccccc7c56)ccc43)n2)cc1. The number of nitrogens with zero attached hydrogens (tertiary/aromatic N) is 4. The molecule has 0 atom stereocenters. The first-order chi connectivity index (χ1) is 25.3. The molecule has 0 radical (unpaired) electrons. The smallest absolute Gasteiger partial charge is 0.238 e. The molecule has 11 aromatic rings. The third-order valence-corrected chi connectivity index (χ3v) is 11.0. The first kappa shape index (κ1) is 28.2. The number of hydrogen-bond donors (Lipinski definition) is 0. The molecule has 0 bridgehead atoms. The van der Waals surface area contributed by atoms with Crippen molar-refractivity contribution in [2.75, 3.05) is 0 Å². The molecule has 51 heavy (non-hydrogen) atoms. The maximum Gasteiger partial charge on any atom is 0.238 e. The fourth-order valence-corrected chi connectivity index (χ4v) is 8.68. The van der Waals surface area contributed by atoms with Gasteiger partial charge in [-0.25, -0.2) is 4.98 Å². The largest absolute Gasteiger partial charge is 0.456 e. The molecule has 4 aromatic heterocycles. The quantitative estimate of drug-likeness (QED) is 0.187. The molecule has 11 rings (SSSR count). The minimum Gasteiger partial charge on any atom is -0.456 e. The van der Waals surface area contributed by atoms with E-state index in [1.807, 2.05) is 65.9 Å². The molecule has 238 valence electrons. The molecule has 0 saturated carbocycles.